The van der Waals surface area contributed by atoms with E-state index in [2.05, 4.69) is 19.9 Å². The molecule has 0 aliphatic carbocycles. The smallest absolute Gasteiger partial charge is 0.662 e. The Hall–Kier alpha value is -3.44. The maximum atomic E-state index is 8.89. The van der Waals surface area contributed by atoms with Gasteiger partial charge >= 0.3 is 19.5 Å². The molecule has 0 aromatic carbocycles. The molecule has 0 radical (unpaired) electrons. The van der Waals surface area contributed by atoms with Crippen LogP contribution in [0, 0.1) is 0 Å². The van der Waals surface area contributed by atoms with Gasteiger partial charge in [-0.15, -0.1) is 5.69 Å². The van der Waals surface area contributed by atoms with Crippen LogP contribution in [0.25, 0.3) is 46.5 Å². The number of rotatable bonds is 0. The van der Waals surface area contributed by atoms with Crippen LogP contribution in [0.4, 0.5) is 0 Å². The molecule has 0 amide bonds. The molecule has 0 unspecified atom stereocenters. The first-order valence-corrected chi connectivity index (χ1v) is 8.98. The van der Waals surface area contributed by atoms with Gasteiger partial charge in [-0.2, -0.15) is 6.20 Å². The van der Waals surface area contributed by atoms with Gasteiger partial charge in [0.05, 0.1) is 28.3 Å². The van der Waals surface area contributed by atoms with E-state index in [1.807, 2.05) is 66.8 Å². The molecule has 0 saturated heterocycles. The predicted molar refractivity (Wildman–Crippen MR) is 111 cm³/mol. The van der Waals surface area contributed by atoms with Gasteiger partial charge in [-0.05, 0) is 61.1 Å². The Labute approximate surface area is 186 Å². The minimum absolute atomic E-state index is 0. The molecule has 4 aliphatic heterocycles. The number of fused-ring (bicyclic) bond motifs is 7. The van der Waals surface area contributed by atoms with E-state index in [-0.39, 0.29) is 19.5 Å². The number of nitrogens with zero attached hydrogens (tertiary/aromatic N) is 4. The summed E-state index contributed by atoms with van der Waals surface area (Å²) in [5.41, 5.74) is 6.27. The van der Waals surface area contributed by atoms with Crippen molar-refractivity contribution in [2.75, 3.05) is 0 Å². The molecular weight excluding hydrogens is 430 g/mol. The van der Waals surface area contributed by atoms with E-state index >= 15 is 0 Å². The van der Waals surface area contributed by atoms with Crippen molar-refractivity contribution in [2.24, 2.45) is 0 Å². The molecule has 4 aliphatic rings. The average Bonchev–Trinajstić information content (AvgIpc) is 3.32. The van der Waals surface area contributed by atoms with Crippen LogP contribution in [0.15, 0.2) is 54.9 Å². The molecule has 30 heavy (non-hydrogen) atoms. The zero-order valence-electron chi connectivity index (χ0n) is 16.3. The maximum absolute atomic E-state index is 8.89. The van der Waals surface area contributed by atoms with Crippen LogP contribution in [-0.2, 0) is 24.3 Å². The van der Waals surface area contributed by atoms with Gasteiger partial charge in [0.15, 0.2) is 0 Å². The van der Waals surface area contributed by atoms with Crippen LogP contribution in [0.3, 0.4) is 0 Å². The minimum atomic E-state index is -1.08. The van der Waals surface area contributed by atoms with Crippen LogP contribution in [0.5, 0.6) is 0 Å². The Morgan fingerprint density at radius 1 is 0.900 bits per heavy atom. The number of hydrogen-bond acceptors (Lipinski definition) is 5. The summed E-state index contributed by atoms with van der Waals surface area (Å²) in [5.74, 6) is -1.08. The van der Waals surface area contributed by atoms with Gasteiger partial charge in [0.1, 0.15) is 0 Å². The van der Waals surface area contributed by atoms with Crippen molar-refractivity contribution < 1.29 is 29.4 Å². The molecule has 0 fully saturated rings. The number of carboxylic acids is 1. The van der Waals surface area contributed by atoms with Gasteiger partial charge in [0, 0.05) is 17.6 Å². The van der Waals surface area contributed by atoms with Crippen LogP contribution >= 0.6 is 0 Å². The largest absolute Gasteiger partial charge is 2.00 e. The first-order chi connectivity index (χ1) is 14.1. The van der Waals surface area contributed by atoms with Crippen molar-refractivity contribution >= 4 is 41.2 Å². The van der Waals surface area contributed by atoms with Crippen LogP contribution < -0.4 is 10.1 Å². The molecule has 0 spiro atoms. The van der Waals surface area contributed by atoms with E-state index in [1.54, 1.807) is 12.4 Å². The summed E-state index contributed by atoms with van der Waals surface area (Å²) in [5, 5.41) is 9.88. The summed E-state index contributed by atoms with van der Waals surface area (Å²) >= 11 is 0. The van der Waals surface area contributed by atoms with Gasteiger partial charge in [-0.25, -0.2) is 9.97 Å². The molecule has 0 saturated carbocycles. The number of carboxylic acid groups (broad SMARTS) is 1. The van der Waals surface area contributed by atoms with Crippen LogP contribution in [0.2, 0.25) is 0 Å². The Kier molecular flexibility index (Phi) is 6.65. The fourth-order valence-electron chi connectivity index (χ4n) is 3.04. The normalized spacial score (nSPS) is 11.2. The van der Waals surface area contributed by atoms with E-state index in [1.165, 1.54) is 0 Å². The second-order valence-corrected chi connectivity index (χ2v) is 6.40. The first kappa shape index (κ1) is 21.3. The second kappa shape index (κ2) is 9.37. The van der Waals surface area contributed by atoms with Crippen molar-refractivity contribution in [3.63, 3.8) is 0 Å². The SMILES string of the molecule is C1=Cc2cc3nc(cc4cccnc4c4[n-]cccc-4cc1n2)C=C3.CC(=O)[O-].[Zn+2]. The molecule has 0 N–H and O–H groups in total. The van der Waals surface area contributed by atoms with Gasteiger partial charge in [0.25, 0.3) is 0 Å². The number of hydrogen-bond donors (Lipinski definition) is 0. The Morgan fingerprint density at radius 3 is 2.17 bits per heavy atom. The fourth-order valence-corrected chi connectivity index (χ4v) is 3.04. The summed E-state index contributed by atoms with van der Waals surface area (Å²) < 4.78 is 0. The van der Waals surface area contributed by atoms with Gasteiger partial charge < -0.3 is 14.9 Å². The van der Waals surface area contributed by atoms with E-state index in [0.717, 1.165) is 51.9 Å². The van der Waals surface area contributed by atoms with Crippen molar-refractivity contribution in [3.05, 3.63) is 77.6 Å². The van der Waals surface area contributed by atoms with Crippen molar-refractivity contribution in [1.29, 1.82) is 0 Å². The third-order valence-electron chi connectivity index (χ3n) is 4.17. The third kappa shape index (κ3) is 4.94. The van der Waals surface area contributed by atoms with Gasteiger partial charge in [-0.3, -0.25) is 4.98 Å². The molecule has 0 atom stereocenters. The zero-order chi connectivity index (χ0) is 20.2. The molecule has 1 aromatic rings. The maximum Gasteiger partial charge on any atom is 2.00 e. The van der Waals surface area contributed by atoms with E-state index < -0.39 is 5.97 Å². The topological polar surface area (TPSA) is 92.9 Å². The second-order valence-electron chi connectivity index (χ2n) is 6.40. The number of carbonyl (C=O) groups excluding carboxylic acids is 1. The van der Waals surface area contributed by atoms with E-state index in [9.17, 15) is 0 Å². The molecule has 1 aromatic heterocycles. The summed E-state index contributed by atoms with van der Waals surface area (Å²) in [6.45, 7) is 0.972. The molecule has 5 heterocycles. The zero-order valence-corrected chi connectivity index (χ0v) is 19.3. The van der Waals surface area contributed by atoms with E-state index in [0.29, 0.717) is 0 Å². The van der Waals surface area contributed by atoms with Crippen LogP contribution in [0.1, 0.15) is 29.7 Å². The molecule has 7 heteroatoms. The van der Waals surface area contributed by atoms with E-state index in [4.69, 9.17) is 9.90 Å². The molecule has 4 bridgehead atoms. The van der Waals surface area contributed by atoms with Crippen molar-refractivity contribution in [2.45, 2.75) is 6.92 Å². The molecular formula is C23H16N4O2Zn. The predicted octanol–water partition coefficient (Wildman–Crippen LogP) is 3.06. The third-order valence-corrected chi connectivity index (χ3v) is 4.17. The number of pyridine rings is 2. The summed E-state index contributed by atoms with van der Waals surface area (Å²) in [4.78, 5) is 27.4. The monoisotopic (exact) mass is 444 g/mol. The summed E-state index contributed by atoms with van der Waals surface area (Å²) in [7, 11) is 0. The minimum Gasteiger partial charge on any atom is -0.662 e. The quantitative estimate of drug-likeness (QED) is 0.340. The van der Waals surface area contributed by atoms with Crippen molar-refractivity contribution in [3.8, 4) is 11.3 Å². The summed E-state index contributed by atoms with van der Waals surface area (Å²) in [6.07, 6.45) is 11.6. The number of aromatic nitrogens is 4. The number of carbonyl (C=O) groups is 1. The van der Waals surface area contributed by atoms with Gasteiger partial charge in [0.2, 0.25) is 0 Å². The Morgan fingerprint density at radius 2 is 1.50 bits per heavy atom. The molecule has 6 nitrogen and oxygen atoms in total. The first-order valence-electron chi connectivity index (χ1n) is 8.98. The summed E-state index contributed by atoms with van der Waals surface area (Å²) in [6, 6.07) is 14.0. The molecule has 142 valence electrons. The average molecular weight is 446 g/mol. The van der Waals surface area contributed by atoms with Crippen LogP contribution in [-0.4, -0.2) is 20.9 Å². The number of aliphatic carboxylic acids is 1. The van der Waals surface area contributed by atoms with Crippen molar-refractivity contribution in [1.82, 2.24) is 19.9 Å². The van der Waals surface area contributed by atoms with Gasteiger partial charge in [-0.1, -0.05) is 18.2 Å². The Balaban J connectivity index is 0.000000473. The standard InChI is InChI=1S/C21H13N4.C2H4O2.Zn/c1-3-14-11-16-5-7-18(24-16)13-19-8-6-17(25-19)12-15-4-2-10-23-21(15)20(14)22-9-1;1-2(3)4;/h1-13H;1H3,(H,3,4);/q-1;;+2/p-1. The fraction of sp³-hybridized carbons (Fsp3) is 0.0435. The molecule has 5 rings (SSSR count). The Bertz CT molecular complexity index is 1260.